The van der Waals surface area contributed by atoms with Gasteiger partial charge in [0.05, 0.1) is 5.02 Å². The van der Waals surface area contributed by atoms with Crippen molar-refractivity contribution in [1.82, 2.24) is 0 Å². The molecule has 0 heterocycles. The normalized spacial score (nSPS) is 18.5. The van der Waals surface area contributed by atoms with Crippen molar-refractivity contribution in [3.63, 3.8) is 0 Å². The van der Waals surface area contributed by atoms with Crippen molar-refractivity contribution in [3.8, 4) is 0 Å². The van der Waals surface area contributed by atoms with Crippen LogP contribution in [-0.4, -0.2) is 16.6 Å². The molecule has 2 N–H and O–H groups in total. The Morgan fingerprint density at radius 3 is 2.74 bits per heavy atom. The van der Waals surface area contributed by atoms with Crippen LogP contribution in [0.1, 0.15) is 32.6 Å². The Morgan fingerprint density at radius 2 is 2.26 bits per heavy atom. The van der Waals surface area contributed by atoms with Gasteiger partial charge in [0, 0.05) is 10.2 Å². The molecule has 0 amide bonds. The largest absolute Gasteiger partial charge is 0.480 e. The predicted octanol–water partition coefficient (Wildman–Crippen LogP) is 4.55. The zero-order chi connectivity index (χ0) is 14.0. The van der Waals surface area contributed by atoms with Crippen molar-refractivity contribution in [1.29, 1.82) is 0 Å². The predicted molar refractivity (Wildman–Crippen MR) is 80.8 cm³/mol. The van der Waals surface area contributed by atoms with Crippen LogP contribution in [0.25, 0.3) is 0 Å². The van der Waals surface area contributed by atoms with E-state index in [1.807, 2.05) is 6.07 Å². The molecule has 2 rings (SSSR count). The summed E-state index contributed by atoms with van der Waals surface area (Å²) in [4.78, 5) is 11.6. The number of hydrogen-bond acceptors (Lipinski definition) is 2. The lowest BCUT2D eigenvalue weighted by atomic mass is 9.76. The maximum Gasteiger partial charge on any atom is 0.329 e. The molecule has 0 saturated heterocycles. The summed E-state index contributed by atoms with van der Waals surface area (Å²) in [6.45, 7) is 1.75. The van der Waals surface area contributed by atoms with E-state index in [-0.39, 0.29) is 0 Å². The molecule has 0 aliphatic heterocycles. The topological polar surface area (TPSA) is 49.3 Å². The fourth-order valence-electron chi connectivity index (χ4n) is 2.36. The highest BCUT2D eigenvalue weighted by atomic mass is 79.9. The first-order valence-electron chi connectivity index (χ1n) is 6.37. The number of halogens is 2. The lowest BCUT2D eigenvalue weighted by Crippen LogP contribution is -2.45. The van der Waals surface area contributed by atoms with Gasteiger partial charge in [-0.3, -0.25) is 0 Å². The Bertz CT molecular complexity index is 490. The molecule has 1 atom stereocenters. The average Bonchev–Trinajstić information content (AvgIpc) is 2.29. The Kier molecular flexibility index (Phi) is 4.41. The average molecular weight is 347 g/mol. The molecule has 0 radical (unpaired) electrons. The maximum atomic E-state index is 11.6. The van der Waals surface area contributed by atoms with Crippen LogP contribution in [0, 0.1) is 5.92 Å². The van der Waals surface area contributed by atoms with Crippen molar-refractivity contribution >= 4 is 39.2 Å². The summed E-state index contributed by atoms with van der Waals surface area (Å²) in [7, 11) is 0. The summed E-state index contributed by atoms with van der Waals surface area (Å²) in [5.41, 5.74) is -0.168. The summed E-state index contributed by atoms with van der Waals surface area (Å²) >= 11 is 9.29. The second kappa shape index (κ2) is 5.71. The van der Waals surface area contributed by atoms with Crippen LogP contribution in [-0.2, 0) is 4.79 Å². The Hall–Kier alpha value is -0.740. The highest BCUT2D eigenvalue weighted by molar-refractivity contribution is 9.10. The molecular formula is C14H17BrClNO2. The zero-order valence-electron chi connectivity index (χ0n) is 10.7. The smallest absolute Gasteiger partial charge is 0.329 e. The first-order chi connectivity index (χ1) is 8.90. The summed E-state index contributed by atoms with van der Waals surface area (Å²) in [6.07, 6.45) is 4.14. The number of hydrogen-bond donors (Lipinski definition) is 2. The maximum absolute atomic E-state index is 11.6. The highest BCUT2D eigenvalue weighted by Crippen LogP contribution is 2.36. The number of nitrogens with one attached hydrogen (secondary N) is 1. The lowest BCUT2D eigenvalue weighted by Gasteiger charge is -2.35. The van der Waals surface area contributed by atoms with Crippen molar-refractivity contribution in [2.45, 2.75) is 38.1 Å². The molecule has 1 fully saturated rings. The van der Waals surface area contributed by atoms with Gasteiger partial charge in [-0.25, -0.2) is 4.79 Å². The van der Waals surface area contributed by atoms with Gasteiger partial charge < -0.3 is 10.4 Å². The van der Waals surface area contributed by atoms with Crippen molar-refractivity contribution in [3.05, 3.63) is 27.7 Å². The van der Waals surface area contributed by atoms with Crippen LogP contribution >= 0.6 is 27.5 Å². The fourth-order valence-corrected chi connectivity index (χ4v) is 2.85. The molecule has 0 aromatic heterocycles. The molecule has 1 aliphatic rings. The van der Waals surface area contributed by atoms with Crippen LogP contribution in [0.4, 0.5) is 5.69 Å². The molecule has 19 heavy (non-hydrogen) atoms. The Balaban J connectivity index is 2.14. The monoisotopic (exact) mass is 345 g/mol. The van der Waals surface area contributed by atoms with E-state index < -0.39 is 11.5 Å². The second-order valence-corrected chi connectivity index (χ2v) is 6.65. The number of carbonyl (C=O) groups is 1. The summed E-state index contributed by atoms with van der Waals surface area (Å²) in [5, 5.41) is 13.2. The minimum Gasteiger partial charge on any atom is -0.480 e. The van der Waals surface area contributed by atoms with Gasteiger partial charge in [-0.1, -0.05) is 30.9 Å². The van der Waals surface area contributed by atoms with Gasteiger partial charge in [-0.2, -0.15) is 0 Å². The van der Waals surface area contributed by atoms with Gasteiger partial charge in [0.15, 0.2) is 0 Å². The van der Waals surface area contributed by atoms with E-state index in [0.29, 0.717) is 17.4 Å². The number of rotatable bonds is 5. The fraction of sp³-hybridized carbons (Fsp3) is 0.500. The molecule has 1 aliphatic carbocycles. The van der Waals surface area contributed by atoms with Crippen molar-refractivity contribution < 1.29 is 9.90 Å². The van der Waals surface area contributed by atoms with Crippen LogP contribution in [0.5, 0.6) is 0 Å². The van der Waals surface area contributed by atoms with Gasteiger partial charge in [0.2, 0.25) is 0 Å². The molecular weight excluding hydrogens is 330 g/mol. The zero-order valence-corrected chi connectivity index (χ0v) is 13.1. The van der Waals surface area contributed by atoms with E-state index in [2.05, 4.69) is 21.2 Å². The molecule has 1 saturated carbocycles. The van der Waals surface area contributed by atoms with E-state index in [1.165, 1.54) is 6.42 Å². The third-order valence-corrected chi connectivity index (χ3v) is 4.95. The lowest BCUT2D eigenvalue weighted by molar-refractivity contribution is -0.142. The van der Waals surface area contributed by atoms with E-state index in [9.17, 15) is 9.90 Å². The second-order valence-electron chi connectivity index (χ2n) is 5.39. The van der Waals surface area contributed by atoms with Crippen LogP contribution < -0.4 is 5.32 Å². The number of aliphatic carboxylic acids is 1. The Morgan fingerprint density at radius 1 is 1.58 bits per heavy atom. The molecule has 3 nitrogen and oxygen atoms in total. The van der Waals surface area contributed by atoms with Crippen LogP contribution in [0.15, 0.2) is 22.7 Å². The quantitative estimate of drug-likeness (QED) is 0.822. The van der Waals surface area contributed by atoms with Crippen molar-refractivity contribution in [2.24, 2.45) is 5.92 Å². The standard InChI is InChI=1S/C14H17BrClNO2/c1-14(13(18)19,8-9-3-2-4-9)17-10-5-6-12(16)11(15)7-10/h5-7,9,17H,2-4,8H2,1H3,(H,18,19). The van der Waals surface area contributed by atoms with E-state index in [4.69, 9.17) is 11.6 Å². The molecule has 5 heteroatoms. The molecule has 1 aromatic rings. The van der Waals surface area contributed by atoms with Crippen LogP contribution in [0.2, 0.25) is 5.02 Å². The van der Waals surface area contributed by atoms with Gasteiger partial charge >= 0.3 is 5.97 Å². The molecule has 0 bridgehead atoms. The number of carboxylic acid groups (broad SMARTS) is 1. The highest BCUT2D eigenvalue weighted by Gasteiger charge is 2.37. The van der Waals surface area contributed by atoms with Gasteiger partial charge in [-0.15, -0.1) is 0 Å². The summed E-state index contributed by atoms with van der Waals surface area (Å²) in [5.74, 6) is -0.296. The van der Waals surface area contributed by atoms with Crippen LogP contribution in [0.3, 0.4) is 0 Å². The summed E-state index contributed by atoms with van der Waals surface area (Å²) in [6, 6.07) is 5.36. The molecule has 0 spiro atoms. The van der Waals surface area contributed by atoms with Gasteiger partial charge in [-0.05, 0) is 53.4 Å². The number of carboxylic acids is 1. The molecule has 1 unspecified atom stereocenters. The summed E-state index contributed by atoms with van der Waals surface area (Å²) < 4.78 is 0.760. The SMILES string of the molecule is CC(CC1CCC1)(Nc1ccc(Cl)c(Br)c1)C(=O)O. The minimum absolute atomic E-state index is 0.518. The third kappa shape index (κ3) is 3.42. The number of anilines is 1. The van der Waals surface area contributed by atoms with Crippen molar-refractivity contribution in [2.75, 3.05) is 5.32 Å². The third-order valence-electron chi connectivity index (χ3n) is 3.73. The van der Waals surface area contributed by atoms with E-state index in [0.717, 1.165) is 23.0 Å². The minimum atomic E-state index is -0.932. The number of benzene rings is 1. The van der Waals surface area contributed by atoms with Gasteiger partial charge in [0.1, 0.15) is 5.54 Å². The van der Waals surface area contributed by atoms with E-state index >= 15 is 0 Å². The van der Waals surface area contributed by atoms with E-state index in [1.54, 1.807) is 19.1 Å². The Labute approximate surface area is 126 Å². The molecule has 1 aromatic carbocycles. The molecule has 104 valence electrons. The first-order valence-corrected chi connectivity index (χ1v) is 7.54. The first kappa shape index (κ1) is 14.7. The van der Waals surface area contributed by atoms with Gasteiger partial charge in [0.25, 0.3) is 0 Å².